The molecule has 2 aromatic carbocycles. The van der Waals surface area contributed by atoms with Crippen molar-refractivity contribution in [1.29, 1.82) is 0 Å². The van der Waals surface area contributed by atoms with Crippen molar-refractivity contribution in [3.8, 4) is 0 Å². The Bertz CT molecular complexity index is 1080. The average Bonchev–Trinajstić information content (AvgIpc) is 2.73. The third-order valence-corrected chi connectivity index (χ3v) is 4.43. The minimum absolute atomic E-state index is 0.261. The zero-order valence-electron chi connectivity index (χ0n) is 17.7. The van der Waals surface area contributed by atoms with E-state index in [0.29, 0.717) is 0 Å². The molecule has 0 atom stereocenters. The van der Waals surface area contributed by atoms with Crippen LogP contribution in [-0.4, -0.2) is 23.7 Å². The minimum atomic E-state index is -0.473. The van der Waals surface area contributed by atoms with Crippen LogP contribution in [0.1, 0.15) is 27.8 Å². The summed E-state index contributed by atoms with van der Waals surface area (Å²) in [5, 5.41) is 11.9. The number of aryl methyl sites for hydroxylation is 2. The Kier molecular flexibility index (Phi) is 8.27. The van der Waals surface area contributed by atoms with Crippen molar-refractivity contribution in [2.45, 2.75) is 20.8 Å². The van der Waals surface area contributed by atoms with Gasteiger partial charge in [-0.1, -0.05) is 42.5 Å². The van der Waals surface area contributed by atoms with Gasteiger partial charge < -0.3 is 11.5 Å². The standard InChI is InChI=1S/C23H26N6O2/c1-15-8-6-10-19(17(15)3)12-14-21(31)27-23(25)29-28-22(24)26-20(30)13-11-18-9-5-4-7-16(18)2/h4-14H,1-3H3,(H3,24,26,28,30)(H3,25,27,29,31). The molecular formula is C23H26N6O2. The van der Waals surface area contributed by atoms with Gasteiger partial charge in [0.2, 0.25) is 11.9 Å². The number of nitrogens with one attached hydrogen (secondary N) is 2. The van der Waals surface area contributed by atoms with Crippen LogP contribution in [0.4, 0.5) is 0 Å². The average molecular weight is 419 g/mol. The van der Waals surface area contributed by atoms with E-state index in [4.69, 9.17) is 11.5 Å². The second-order valence-electron chi connectivity index (χ2n) is 6.76. The van der Waals surface area contributed by atoms with Crippen LogP contribution in [0.25, 0.3) is 12.2 Å². The number of rotatable bonds is 5. The van der Waals surface area contributed by atoms with E-state index in [1.54, 1.807) is 12.2 Å². The molecule has 8 heteroatoms. The Balaban J connectivity index is 1.90. The van der Waals surface area contributed by atoms with Crippen molar-refractivity contribution in [2.24, 2.45) is 21.7 Å². The van der Waals surface area contributed by atoms with Gasteiger partial charge in [-0.15, -0.1) is 10.2 Å². The number of carbonyl (C=O) groups excluding carboxylic acids is 2. The van der Waals surface area contributed by atoms with E-state index in [-0.39, 0.29) is 11.9 Å². The normalized spacial score (nSPS) is 12.4. The highest BCUT2D eigenvalue weighted by Gasteiger charge is 2.02. The number of nitrogens with two attached hydrogens (primary N) is 2. The van der Waals surface area contributed by atoms with Crippen molar-refractivity contribution in [3.05, 3.63) is 82.4 Å². The quantitative estimate of drug-likeness (QED) is 0.256. The van der Waals surface area contributed by atoms with Crippen LogP contribution in [0.2, 0.25) is 0 Å². The van der Waals surface area contributed by atoms with E-state index in [9.17, 15) is 9.59 Å². The zero-order chi connectivity index (χ0) is 22.8. The zero-order valence-corrected chi connectivity index (χ0v) is 17.7. The highest BCUT2D eigenvalue weighted by atomic mass is 16.2. The van der Waals surface area contributed by atoms with Gasteiger partial charge in [-0.25, -0.2) is 0 Å². The fourth-order valence-corrected chi connectivity index (χ4v) is 2.55. The first-order valence-electron chi connectivity index (χ1n) is 9.53. The molecule has 0 unspecified atom stereocenters. The maximum Gasteiger partial charge on any atom is 0.250 e. The van der Waals surface area contributed by atoms with Crippen molar-refractivity contribution < 1.29 is 9.59 Å². The molecule has 0 spiro atoms. The van der Waals surface area contributed by atoms with Crippen molar-refractivity contribution in [3.63, 3.8) is 0 Å². The second kappa shape index (κ2) is 11.1. The Morgan fingerprint density at radius 1 is 0.742 bits per heavy atom. The molecule has 8 nitrogen and oxygen atoms in total. The monoisotopic (exact) mass is 418 g/mol. The maximum absolute atomic E-state index is 12.0. The van der Waals surface area contributed by atoms with E-state index < -0.39 is 11.8 Å². The Morgan fingerprint density at radius 2 is 1.23 bits per heavy atom. The fraction of sp³-hybridized carbons (Fsp3) is 0.130. The molecule has 0 bridgehead atoms. The molecule has 0 aliphatic heterocycles. The van der Waals surface area contributed by atoms with Crippen LogP contribution >= 0.6 is 0 Å². The molecule has 0 radical (unpaired) electrons. The van der Waals surface area contributed by atoms with Crippen LogP contribution in [0.5, 0.6) is 0 Å². The molecule has 0 saturated heterocycles. The lowest BCUT2D eigenvalue weighted by Gasteiger charge is -2.04. The van der Waals surface area contributed by atoms with Gasteiger partial charge in [0.1, 0.15) is 0 Å². The predicted molar refractivity (Wildman–Crippen MR) is 125 cm³/mol. The van der Waals surface area contributed by atoms with Crippen molar-refractivity contribution >= 4 is 35.9 Å². The van der Waals surface area contributed by atoms with E-state index in [1.807, 2.05) is 63.2 Å². The summed E-state index contributed by atoms with van der Waals surface area (Å²) in [6.45, 7) is 5.91. The molecule has 0 aliphatic carbocycles. The first kappa shape index (κ1) is 23.1. The molecule has 0 heterocycles. The van der Waals surface area contributed by atoms with Gasteiger partial charge >= 0.3 is 0 Å². The second-order valence-corrected chi connectivity index (χ2v) is 6.76. The summed E-state index contributed by atoms with van der Waals surface area (Å²) in [5.41, 5.74) is 16.3. The minimum Gasteiger partial charge on any atom is -0.368 e. The van der Waals surface area contributed by atoms with E-state index >= 15 is 0 Å². The Morgan fingerprint density at radius 3 is 1.81 bits per heavy atom. The molecule has 0 aliphatic rings. The number of hydrogen-bond acceptors (Lipinski definition) is 4. The summed E-state index contributed by atoms with van der Waals surface area (Å²) < 4.78 is 0. The van der Waals surface area contributed by atoms with Gasteiger partial charge in [0.25, 0.3) is 11.8 Å². The van der Waals surface area contributed by atoms with Crippen LogP contribution in [0, 0.1) is 20.8 Å². The molecule has 2 amide bonds. The van der Waals surface area contributed by atoms with Crippen LogP contribution in [-0.2, 0) is 9.59 Å². The number of guanidine groups is 2. The van der Waals surface area contributed by atoms with E-state index in [1.165, 1.54) is 12.2 Å². The number of hydrogen-bond donors (Lipinski definition) is 4. The van der Waals surface area contributed by atoms with Gasteiger partial charge in [0.15, 0.2) is 0 Å². The summed E-state index contributed by atoms with van der Waals surface area (Å²) in [7, 11) is 0. The van der Waals surface area contributed by atoms with Crippen molar-refractivity contribution in [2.75, 3.05) is 0 Å². The summed E-state index contributed by atoms with van der Waals surface area (Å²) >= 11 is 0. The Labute approximate surface area is 181 Å². The van der Waals surface area contributed by atoms with Crippen LogP contribution in [0.15, 0.2) is 64.8 Å². The van der Waals surface area contributed by atoms with Gasteiger partial charge in [-0.3, -0.25) is 20.2 Å². The first-order chi connectivity index (χ1) is 14.8. The summed E-state index contributed by atoms with van der Waals surface area (Å²) in [4.78, 5) is 23.9. The van der Waals surface area contributed by atoms with Crippen LogP contribution in [0.3, 0.4) is 0 Å². The lowest BCUT2D eigenvalue weighted by molar-refractivity contribution is -0.116. The topological polar surface area (TPSA) is 135 Å². The van der Waals surface area contributed by atoms with Gasteiger partial charge in [0, 0.05) is 12.2 Å². The molecule has 31 heavy (non-hydrogen) atoms. The first-order valence-corrected chi connectivity index (χ1v) is 9.53. The smallest absolute Gasteiger partial charge is 0.250 e. The van der Waals surface area contributed by atoms with Crippen molar-refractivity contribution in [1.82, 2.24) is 10.6 Å². The summed E-state index contributed by atoms with van der Waals surface area (Å²) in [6.07, 6.45) is 6.02. The lowest BCUT2D eigenvalue weighted by atomic mass is 10.0. The number of nitrogens with zero attached hydrogens (tertiary/aromatic N) is 2. The highest BCUT2D eigenvalue weighted by Crippen LogP contribution is 2.13. The molecular weight excluding hydrogens is 392 g/mol. The molecule has 160 valence electrons. The SMILES string of the molecule is Cc1ccccc1C=CC(=O)NC(N)=NN=C(N)NC(=O)C=Cc1cccc(C)c1C. The lowest BCUT2D eigenvalue weighted by Crippen LogP contribution is -2.37. The highest BCUT2D eigenvalue weighted by molar-refractivity contribution is 6.05. The van der Waals surface area contributed by atoms with E-state index in [0.717, 1.165) is 27.8 Å². The number of benzene rings is 2. The van der Waals surface area contributed by atoms with Gasteiger partial charge in [-0.2, -0.15) is 0 Å². The maximum atomic E-state index is 12.0. The molecule has 2 aromatic rings. The molecule has 0 aromatic heterocycles. The fourth-order valence-electron chi connectivity index (χ4n) is 2.55. The van der Waals surface area contributed by atoms with E-state index in [2.05, 4.69) is 20.8 Å². The molecule has 6 N–H and O–H groups in total. The molecule has 2 rings (SSSR count). The summed E-state index contributed by atoms with van der Waals surface area (Å²) in [6, 6.07) is 13.4. The molecule has 0 saturated carbocycles. The number of amides is 2. The third-order valence-electron chi connectivity index (χ3n) is 4.43. The van der Waals surface area contributed by atoms with Gasteiger partial charge in [-0.05, 0) is 60.7 Å². The van der Waals surface area contributed by atoms with Crippen LogP contribution < -0.4 is 22.1 Å². The Hall–Kier alpha value is -4.20. The third kappa shape index (κ3) is 7.62. The van der Waals surface area contributed by atoms with Gasteiger partial charge in [0.05, 0.1) is 0 Å². The predicted octanol–water partition coefficient (Wildman–Crippen LogP) is 2.12. The number of carbonyl (C=O) groups is 2. The largest absolute Gasteiger partial charge is 0.368 e. The summed E-state index contributed by atoms with van der Waals surface area (Å²) in [5.74, 6) is -1.47. The molecule has 0 fully saturated rings.